The highest BCUT2D eigenvalue weighted by molar-refractivity contribution is 5.56. The number of anilines is 2. The van der Waals surface area contributed by atoms with E-state index in [1.54, 1.807) is 0 Å². The molecule has 1 saturated heterocycles. The predicted molar refractivity (Wildman–Crippen MR) is 82.3 cm³/mol. The van der Waals surface area contributed by atoms with Crippen molar-refractivity contribution >= 4 is 11.9 Å². The molecule has 112 valence electrons. The van der Waals surface area contributed by atoms with E-state index in [-0.39, 0.29) is 0 Å². The van der Waals surface area contributed by atoms with Crippen LogP contribution in [-0.4, -0.2) is 44.4 Å². The second-order valence-electron chi connectivity index (χ2n) is 5.09. The highest BCUT2D eigenvalue weighted by Gasteiger charge is 2.18. The Morgan fingerprint density at radius 2 is 1.95 bits per heavy atom. The third-order valence-electron chi connectivity index (χ3n) is 3.56. The van der Waals surface area contributed by atoms with E-state index in [2.05, 4.69) is 37.2 Å². The van der Waals surface area contributed by atoms with E-state index in [0.29, 0.717) is 11.8 Å². The maximum absolute atomic E-state index is 4.63. The summed E-state index contributed by atoms with van der Waals surface area (Å²) in [7, 11) is 0. The van der Waals surface area contributed by atoms with Crippen molar-refractivity contribution in [1.82, 2.24) is 24.7 Å². The Morgan fingerprint density at radius 1 is 1.14 bits per heavy atom. The molecule has 3 heterocycles. The third kappa shape index (κ3) is 2.96. The van der Waals surface area contributed by atoms with Gasteiger partial charge in [0.15, 0.2) is 5.82 Å². The lowest BCUT2D eigenvalue weighted by molar-refractivity contribution is 0.660. The fourth-order valence-corrected chi connectivity index (χ4v) is 2.44. The molecule has 0 aromatic carbocycles. The number of hydrogen-bond acceptors (Lipinski definition) is 6. The van der Waals surface area contributed by atoms with Crippen LogP contribution in [0.5, 0.6) is 0 Å². The summed E-state index contributed by atoms with van der Waals surface area (Å²) in [4.78, 5) is 15.9. The molecular weight excluding hydrogens is 266 g/mol. The minimum atomic E-state index is 0.633. The lowest BCUT2D eigenvalue weighted by Crippen LogP contribution is -2.21. The average molecular weight is 287 g/mol. The Labute approximate surface area is 124 Å². The normalized spacial score (nSPS) is 14.7. The summed E-state index contributed by atoms with van der Waals surface area (Å²) in [5, 5.41) is 7.48. The first kappa shape index (κ1) is 13.8. The summed E-state index contributed by atoms with van der Waals surface area (Å²) in [5.41, 5.74) is 0.929. The van der Waals surface area contributed by atoms with Crippen molar-refractivity contribution in [2.24, 2.45) is 0 Å². The van der Waals surface area contributed by atoms with Crippen molar-refractivity contribution < 1.29 is 0 Å². The van der Waals surface area contributed by atoms with Gasteiger partial charge < -0.3 is 10.2 Å². The van der Waals surface area contributed by atoms with Gasteiger partial charge in [-0.3, -0.25) is 4.68 Å². The van der Waals surface area contributed by atoms with Crippen LogP contribution in [0.2, 0.25) is 0 Å². The molecule has 1 fully saturated rings. The monoisotopic (exact) mass is 287 g/mol. The molecule has 1 aliphatic heterocycles. The summed E-state index contributed by atoms with van der Waals surface area (Å²) < 4.78 is 1.88. The average Bonchev–Trinajstić information content (AvgIpc) is 3.19. The first-order valence-corrected chi connectivity index (χ1v) is 7.58. The summed E-state index contributed by atoms with van der Waals surface area (Å²) in [6.07, 6.45) is 6.18. The SMILES string of the molecule is CCNc1nc(-c2cnn(CC)c2)nc(N2CCCC2)n1. The summed E-state index contributed by atoms with van der Waals surface area (Å²) in [5.74, 6) is 2.08. The van der Waals surface area contributed by atoms with Gasteiger partial charge in [-0.25, -0.2) is 0 Å². The van der Waals surface area contributed by atoms with E-state index in [1.165, 1.54) is 12.8 Å². The number of hydrogen-bond donors (Lipinski definition) is 1. The van der Waals surface area contributed by atoms with Gasteiger partial charge in [0.2, 0.25) is 11.9 Å². The molecule has 0 saturated carbocycles. The zero-order valence-electron chi connectivity index (χ0n) is 12.6. The van der Waals surface area contributed by atoms with Gasteiger partial charge in [0.25, 0.3) is 0 Å². The van der Waals surface area contributed by atoms with Crippen LogP contribution in [0.4, 0.5) is 11.9 Å². The highest BCUT2D eigenvalue weighted by Crippen LogP contribution is 2.21. The summed E-state index contributed by atoms with van der Waals surface area (Å²) in [6, 6.07) is 0. The fourth-order valence-electron chi connectivity index (χ4n) is 2.44. The molecule has 21 heavy (non-hydrogen) atoms. The quantitative estimate of drug-likeness (QED) is 0.904. The van der Waals surface area contributed by atoms with Gasteiger partial charge >= 0.3 is 0 Å². The number of rotatable bonds is 5. The van der Waals surface area contributed by atoms with Crippen LogP contribution in [-0.2, 0) is 6.54 Å². The van der Waals surface area contributed by atoms with E-state index in [1.807, 2.05) is 24.0 Å². The smallest absolute Gasteiger partial charge is 0.230 e. The van der Waals surface area contributed by atoms with Crippen molar-refractivity contribution in [2.45, 2.75) is 33.2 Å². The van der Waals surface area contributed by atoms with Crippen molar-refractivity contribution in [3.05, 3.63) is 12.4 Å². The van der Waals surface area contributed by atoms with E-state index < -0.39 is 0 Å². The van der Waals surface area contributed by atoms with Gasteiger partial charge in [-0.1, -0.05) is 0 Å². The van der Waals surface area contributed by atoms with Crippen LogP contribution in [0, 0.1) is 0 Å². The fraction of sp³-hybridized carbons (Fsp3) is 0.571. The summed E-state index contributed by atoms with van der Waals surface area (Å²) >= 11 is 0. The van der Waals surface area contributed by atoms with Gasteiger partial charge in [0.05, 0.1) is 11.8 Å². The molecule has 2 aromatic rings. The third-order valence-corrected chi connectivity index (χ3v) is 3.56. The zero-order valence-corrected chi connectivity index (χ0v) is 12.6. The van der Waals surface area contributed by atoms with Crippen molar-refractivity contribution in [1.29, 1.82) is 0 Å². The molecule has 7 nitrogen and oxygen atoms in total. The van der Waals surface area contributed by atoms with Gasteiger partial charge in [-0.05, 0) is 26.7 Å². The predicted octanol–water partition coefficient (Wildman–Crippen LogP) is 1.79. The van der Waals surface area contributed by atoms with Crippen LogP contribution in [0.15, 0.2) is 12.4 Å². The van der Waals surface area contributed by atoms with Gasteiger partial charge in [0, 0.05) is 32.4 Å². The topological polar surface area (TPSA) is 71.8 Å². The van der Waals surface area contributed by atoms with Crippen LogP contribution in [0.3, 0.4) is 0 Å². The molecule has 1 N–H and O–H groups in total. The van der Waals surface area contributed by atoms with Crippen LogP contribution >= 0.6 is 0 Å². The Kier molecular flexibility index (Phi) is 3.98. The van der Waals surface area contributed by atoms with Crippen molar-refractivity contribution in [3.8, 4) is 11.4 Å². The second kappa shape index (κ2) is 6.07. The highest BCUT2D eigenvalue weighted by atomic mass is 15.3. The molecule has 1 aliphatic rings. The van der Waals surface area contributed by atoms with Gasteiger partial charge in [-0.2, -0.15) is 20.1 Å². The minimum absolute atomic E-state index is 0.633. The number of aromatic nitrogens is 5. The largest absolute Gasteiger partial charge is 0.354 e. The van der Waals surface area contributed by atoms with E-state index in [4.69, 9.17) is 0 Å². The van der Waals surface area contributed by atoms with Crippen LogP contribution in [0.1, 0.15) is 26.7 Å². The molecular formula is C14H21N7. The van der Waals surface area contributed by atoms with Crippen LogP contribution in [0.25, 0.3) is 11.4 Å². The van der Waals surface area contributed by atoms with Gasteiger partial charge in [-0.15, -0.1) is 0 Å². The number of aryl methyl sites for hydroxylation is 1. The second-order valence-corrected chi connectivity index (χ2v) is 5.09. The first-order chi connectivity index (χ1) is 10.3. The zero-order chi connectivity index (χ0) is 14.7. The van der Waals surface area contributed by atoms with E-state index >= 15 is 0 Å². The first-order valence-electron chi connectivity index (χ1n) is 7.58. The molecule has 0 unspecified atom stereocenters. The lowest BCUT2D eigenvalue weighted by Gasteiger charge is -2.16. The van der Waals surface area contributed by atoms with Crippen molar-refractivity contribution in [3.63, 3.8) is 0 Å². The molecule has 2 aromatic heterocycles. The molecule has 7 heteroatoms. The van der Waals surface area contributed by atoms with Crippen LogP contribution < -0.4 is 10.2 Å². The standard InChI is InChI=1S/C14H21N7/c1-3-15-13-17-12(11-9-16-21(4-2)10-11)18-14(19-13)20-7-5-6-8-20/h9-10H,3-8H2,1-2H3,(H,15,17,18,19). The summed E-state index contributed by atoms with van der Waals surface area (Å²) in [6.45, 7) is 7.76. The minimum Gasteiger partial charge on any atom is -0.354 e. The molecule has 0 amide bonds. The molecule has 0 spiro atoms. The number of nitrogens with zero attached hydrogens (tertiary/aromatic N) is 6. The molecule has 0 atom stereocenters. The Hall–Kier alpha value is -2.18. The van der Waals surface area contributed by atoms with E-state index in [0.717, 1.165) is 37.7 Å². The Balaban J connectivity index is 1.97. The Bertz CT molecular complexity index is 601. The molecule has 3 rings (SSSR count). The maximum Gasteiger partial charge on any atom is 0.230 e. The lowest BCUT2D eigenvalue weighted by atomic mass is 10.3. The number of nitrogens with one attached hydrogen (secondary N) is 1. The molecule has 0 aliphatic carbocycles. The van der Waals surface area contributed by atoms with E-state index in [9.17, 15) is 0 Å². The van der Waals surface area contributed by atoms with Gasteiger partial charge in [0.1, 0.15) is 0 Å². The molecule has 0 radical (unpaired) electrons. The Morgan fingerprint density at radius 3 is 2.62 bits per heavy atom. The maximum atomic E-state index is 4.63. The molecule has 0 bridgehead atoms. The van der Waals surface area contributed by atoms with Crippen molar-refractivity contribution in [2.75, 3.05) is 29.9 Å².